The predicted octanol–water partition coefficient (Wildman–Crippen LogP) is 2.25. The molecule has 0 spiro atoms. The van der Waals surface area contributed by atoms with Crippen LogP contribution in [0.5, 0.6) is 0 Å². The van der Waals surface area contributed by atoms with Crippen LogP contribution in [0.4, 0.5) is 11.6 Å². The lowest BCUT2D eigenvalue weighted by Gasteiger charge is -2.07. The van der Waals surface area contributed by atoms with Crippen molar-refractivity contribution in [3.05, 3.63) is 46.1 Å². The van der Waals surface area contributed by atoms with E-state index in [1.807, 2.05) is 0 Å². The maximum atomic E-state index is 10.7. The van der Waals surface area contributed by atoms with Crippen LogP contribution in [0.15, 0.2) is 30.3 Å². The van der Waals surface area contributed by atoms with E-state index in [1.54, 1.807) is 25.1 Å². The largest absolute Gasteiger partial charge is 0.481 e. The van der Waals surface area contributed by atoms with Crippen molar-refractivity contribution in [1.82, 2.24) is 9.97 Å². The summed E-state index contributed by atoms with van der Waals surface area (Å²) in [6, 6.07) is 7.79. The van der Waals surface area contributed by atoms with E-state index in [-0.39, 0.29) is 18.7 Å². The minimum Gasteiger partial charge on any atom is -0.481 e. The van der Waals surface area contributed by atoms with Gasteiger partial charge in [0.05, 0.1) is 17.0 Å². The van der Waals surface area contributed by atoms with Gasteiger partial charge in [0.2, 0.25) is 5.95 Å². The molecule has 1 heterocycles. The van der Waals surface area contributed by atoms with E-state index in [4.69, 9.17) is 5.11 Å². The van der Waals surface area contributed by atoms with Gasteiger partial charge in [-0.1, -0.05) is 0 Å². The maximum absolute atomic E-state index is 10.7. The number of carboxylic acids is 1. The smallest absolute Gasteiger partial charge is 0.305 e. The molecule has 0 saturated heterocycles. The summed E-state index contributed by atoms with van der Waals surface area (Å²) >= 11 is 0. The number of aromatic nitrogens is 2. The number of nitrogens with one attached hydrogen (secondary N) is 1. The Kier molecular flexibility index (Phi) is 4.62. The maximum Gasteiger partial charge on any atom is 0.305 e. The molecule has 22 heavy (non-hydrogen) atoms. The quantitative estimate of drug-likeness (QED) is 0.620. The zero-order valence-electron chi connectivity index (χ0n) is 11.8. The SMILES string of the molecule is Cc1cc(-c2ccc([N+](=O)[O-])cc2)nc(NCCC(=O)O)n1. The minimum atomic E-state index is -0.907. The Morgan fingerprint density at radius 2 is 2.00 bits per heavy atom. The first-order valence-corrected chi connectivity index (χ1v) is 6.52. The molecule has 0 aliphatic heterocycles. The van der Waals surface area contributed by atoms with Crippen molar-refractivity contribution < 1.29 is 14.8 Å². The average molecular weight is 302 g/mol. The van der Waals surface area contributed by atoms with E-state index in [9.17, 15) is 14.9 Å². The highest BCUT2D eigenvalue weighted by Crippen LogP contribution is 2.22. The number of anilines is 1. The van der Waals surface area contributed by atoms with Gasteiger partial charge in [-0.2, -0.15) is 0 Å². The first kappa shape index (κ1) is 15.4. The van der Waals surface area contributed by atoms with Gasteiger partial charge in [0, 0.05) is 29.9 Å². The van der Waals surface area contributed by atoms with Crippen molar-refractivity contribution >= 4 is 17.6 Å². The molecule has 2 rings (SSSR count). The number of non-ortho nitro benzene ring substituents is 1. The van der Waals surface area contributed by atoms with E-state index >= 15 is 0 Å². The number of carboxylic acid groups (broad SMARTS) is 1. The number of nitrogens with zero attached hydrogens (tertiary/aromatic N) is 3. The van der Waals surface area contributed by atoms with Gasteiger partial charge in [-0.25, -0.2) is 9.97 Å². The molecule has 2 aromatic rings. The van der Waals surface area contributed by atoms with Crippen LogP contribution >= 0.6 is 0 Å². The average Bonchev–Trinajstić information content (AvgIpc) is 2.46. The van der Waals surface area contributed by atoms with Crippen molar-refractivity contribution in [3.63, 3.8) is 0 Å². The van der Waals surface area contributed by atoms with Crippen molar-refractivity contribution in [2.24, 2.45) is 0 Å². The van der Waals surface area contributed by atoms with Crippen LogP contribution < -0.4 is 5.32 Å². The second kappa shape index (κ2) is 6.61. The van der Waals surface area contributed by atoms with Gasteiger partial charge in [-0.15, -0.1) is 0 Å². The summed E-state index contributed by atoms with van der Waals surface area (Å²) in [5.74, 6) is -0.578. The number of aryl methyl sites for hydroxylation is 1. The van der Waals surface area contributed by atoms with Crippen LogP contribution in [-0.4, -0.2) is 32.5 Å². The molecule has 0 aliphatic carbocycles. The topological polar surface area (TPSA) is 118 Å². The van der Waals surface area contributed by atoms with E-state index in [1.165, 1.54) is 12.1 Å². The number of aliphatic carboxylic acids is 1. The number of hydrogen-bond donors (Lipinski definition) is 2. The lowest BCUT2D eigenvalue weighted by atomic mass is 10.1. The molecule has 0 atom stereocenters. The van der Waals surface area contributed by atoms with Gasteiger partial charge in [0.25, 0.3) is 5.69 Å². The number of hydrogen-bond acceptors (Lipinski definition) is 6. The summed E-state index contributed by atoms with van der Waals surface area (Å²) in [6.45, 7) is 2.01. The predicted molar refractivity (Wildman–Crippen MR) is 79.6 cm³/mol. The first-order chi connectivity index (χ1) is 10.5. The Morgan fingerprint density at radius 3 is 2.59 bits per heavy atom. The van der Waals surface area contributed by atoms with Gasteiger partial charge in [-0.05, 0) is 25.1 Å². The summed E-state index contributed by atoms with van der Waals surface area (Å²) in [5, 5.41) is 22.1. The van der Waals surface area contributed by atoms with Crippen LogP contribution in [0.1, 0.15) is 12.1 Å². The Morgan fingerprint density at radius 1 is 1.32 bits per heavy atom. The number of nitro groups is 1. The molecule has 1 aromatic heterocycles. The standard InChI is InChI=1S/C14H14N4O4/c1-9-8-12(10-2-4-11(5-3-10)18(21)22)17-14(16-9)15-7-6-13(19)20/h2-5,8H,6-7H2,1H3,(H,19,20)(H,15,16,17). The second-order valence-electron chi connectivity index (χ2n) is 4.59. The lowest BCUT2D eigenvalue weighted by Crippen LogP contribution is -2.10. The minimum absolute atomic E-state index is 0.00864. The lowest BCUT2D eigenvalue weighted by molar-refractivity contribution is -0.384. The molecule has 0 aliphatic rings. The first-order valence-electron chi connectivity index (χ1n) is 6.52. The summed E-state index contributed by atoms with van der Waals surface area (Å²) in [7, 11) is 0. The number of benzene rings is 1. The van der Waals surface area contributed by atoms with E-state index in [0.29, 0.717) is 17.3 Å². The molecule has 8 nitrogen and oxygen atoms in total. The van der Waals surface area contributed by atoms with Crippen molar-refractivity contribution in [2.75, 3.05) is 11.9 Å². The third-order valence-corrected chi connectivity index (χ3v) is 2.85. The highest BCUT2D eigenvalue weighted by molar-refractivity contribution is 5.67. The fourth-order valence-corrected chi connectivity index (χ4v) is 1.83. The molecule has 0 amide bonds. The van der Waals surface area contributed by atoms with Gasteiger partial charge in [0.1, 0.15) is 0 Å². The molecule has 114 valence electrons. The molecule has 0 unspecified atom stereocenters. The third kappa shape index (κ3) is 3.98. The monoisotopic (exact) mass is 302 g/mol. The Hall–Kier alpha value is -3.03. The molecule has 8 heteroatoms. The van der Waals surface area contributed by atoms with Gasteiger partial charge in [0.15, 0.2) is 0 Å². The Labute approximate surface area is 126 Å². The van der Waals surface area contributed by atoms with Crippen LogP contribution in [-0.2, 0) is 4.79 Å². The van der Waals surface area contributed by atoms with Crippen molar-refractivity contribution in [1.29, 1.82) is 0 Å². The van der Waals surface area contributed by atoms with E-state index < -0.39 is 10.9 Å². The van der Waals surface area contributed by atoms with Crippen molar-refractivity contribution in [2.45, 2.75) is 13.3 Å². The highest BCUT2D eigenvalue weighted by atomic mass is 16.6. The highest BCUT2D eigenvalue weighted by Gasteiger charge is 2.08. The van der Waals surface area contributed by atoms with E-state index in [0.717, 1.165) is 5.56 Å². The van der Waals surface area contributed by atoms with E-state index in [2.05, 4.69) is 15.3 Å². The molecule has 0 bridgehead atoms. The number of carbonyl (C=O) groups is 1. The molecular formula is C14H14N4O4. The summed E-state index contributed by atoms with van der Waals surface area (Å²) in [4.78, 5) is 29.2. The molecule has 0 saturated carbocycles. The second-order valence-corrected chi connectivity index (χ2v) is 4.59. The van der Waals surface area contributed by atoms with Gasteiger partial charge < -0.3 is 10.4 Å². The number of rotatable bonds is 6. The van der Waals surface area contributed by atoms with Crippen LogP contribution in [0.3, 0.4) is 0 Å². The Balaban J connectivity index is 2.21. The zero-order valence-corrected chi connectivity index (χ0v) is 11.8. The van der Waals surface area contributed by atoms with Crippen LogP contribution in [0.25, 0.3) is 11.3 Å². The van der Waals surface area contributed by atoms with Crippen LogP contribution in [0, 0.1) is 17.0 Å². The van der Waals surface area contributed by atoms with Crippen LogP contribution in [0.2, 0.25) is 0 Å². The molecule has 0 fully saturated rings. The Bertz CT molecular complexity index is 700. The zero-order chi connectivity index (χ0) is 16.1. The molecule has 0 radical (unpaired) electrons. The molecule has 1 aromatic carbocycles. The third-order valence-electron chi connectivity index (χ3n) is 2.85. The van der Waals surface area contributed by atoms with Crippen molar-refractivity contribution in [3.8, 4) is 11.3 Å². The summed E-state index contributed by atoms with van der Waals surface area (Å²) in [5.41, 5.74) is 2.05. The summed E-state index contributed by atoms with van der Waals surface area (Å²) in [6.07, 6.45) is -0.0375. The fourth-order valence-electron chi connectivity index (χ4n) is 1.83. The normalized spacial score (nSPS) is 10.2. The molecular weight excluding hydrogens is 288 g/mol. The fraction of sp³-hybridized carbons (Fsp3) is 0.214. The molecule has 2 N–H and O–H groups in total. The van der Waals surface area contributed by atoms with Gasteiger partial charge >= 0.3 is 5.97 Å². The number of nitro benzene ring substituents is 1. The summed E-state index contributed by atoms with van der Waals surface area (Å²) < 4.78 is 0. The van der Waals surface area contributed by atoms with Gasteiger partial charge in [-0.3, -0.25) is 14.9 Å².